The van der Waals surface area contributed by atoms with Crippen molar-refractivity contribution in [3.8, 4) is 0 Å². The highest BCUT2D eigenvalue weighted by Crippen LogP contribution is 2.18. The Hall–Kier alpha value is -1.05. The molecular weight excluding hydrogens is 140 g/mol. The normalized spacial score (nSPS) is 17.7. The first-order chi connectivity index (χ1) is 5.24. The van der Waals surface area contributed by atoms with Crippen LogP contribution >= 0.6 is 0 Å². The minimum atomic E-state index is -0.0117. The fourth-order valence-corrected chi connectivity index (χ4v) is 1.12. The molecule has 0 aromatic rings. The minimum Gasteiger partial charge on any atom is -0.512 e. The third-order valence-corrected chi connectivity index (χ3v) is 1.70. The van der Waals surface area contributed by atoms with Crippen molar-refractivity contribution in [1.29, 1.82) is 0 Å². The molecule has 0 unspecified atom stereocenters. The van der Waals surface area contributed by atoms with Crippen LogP contribution < -0.4 is 0 Å². The molecule has 60 valence electrons. The zero-order chi connectivity index (χ0) is 8.27. The fraction of sp³-hybridized carbons (Fsp3) is 0.444. The lowest BCUT2D eigenvalue weighted by Crippen LogP contribution is -2.03. The molecule has 1 rings (SSSR count). The van der Waals surface area contributed by atoms with Crippen molar-refractivity contribution in [2.24, 2.45) is 0 Å². The van der Waals surface area contributed by atoms with Crippen molar-refractivity contribution >= 4 is 5.78 Å². The molecule has 1 aliphatic rings. The van der Waals surface area contributed by atoms with Crippen LogP contribution in [0.5, 0.6) is 0 Å². The Morgan fingerprint density at radius 3 is 2.82 bits per heavy atom. The number of rotatable bonds is 2. The zero-order valence-corrected chi connectivity index (χ0v) is 6.63. The Morgan fingerprint density at radius 2 is 2.27 bits per heavy atom. The summed E-state index contributed by atoms with van der Waals surface area (Å²) in [5.74, 6) is 0.238. The van der Waals surface area contributed by atoms with E-state index in [0.29, 0.717) is 0 Å². The average molecular weight is 152 g/mol. The molecule has 0 aromatic heterocycles. The van der Waals surface area contributed by atoms with E-state index in [1.165, 1.54) is 6.08 Å². The summed E-state index contributed by atoms with van der Waals surface area (Å²) in [4.78, 5) is 10.7. The lowest BCUT2D eigenvalue weighted by atomic mass is 10.0. The van der Waals surface area contributed by atoms with Crippen LogP contribution in [0.1, 0.15) is 26.2 Å². The average Bonchev–Trinajstić information content (AvgIpc) is 1.95. The highest BCUT2D eigenvalue weighted by atomic mass is 16.3. The molecule has 0 amide bonds. The molecule has 1 aliphatic carbocycles. The number of carbonyl (C=O) groups is 1. The molecule has 1 N–H and O–H groups in total. The number of ketones is 1. The summed E-state index contributed by atoms with van der Waals surface area (Å²) < 4.78 is 0. The van der Waals surface area contributed by atoms with E-state index in [-0.39, 0.29) is 18.0 Å². The van der Waals surface area contributed by atoms with Crippen molar-refractivity contribution in [2.45, 2.75) is 26.2 Å². The van der Waals surface area contributed by atoms with Crippen LogP contribution in [-0.4, -0.2) is 10.9 Å². The van der Waals surface area contributed by atoms with Crippen LogP contribution in [0.3, 0.4) is 0 Å². The molecule has 11 heavy (non-hydrogen) atoms. The van der Waals surface area contributed by atoms with Crippen molar-refractivity contribution in [3.05, 3.63) is 23.5 Å². The Bertz CT molecular complexity index is 224. The van der Waals surface area contributed by atoms with Crippen LogP contribution in [0.15, 0.2) is 23.5 Å². The van der Waals surface area contributed by atoms with Crippen LogP contribution in [0, 0.1) is 0 Å². The summed E-state index contributed by atoms with van der Waals surface area (Å²) in [5, 5.41) is 9.28. The maximum Gasteiger partial charge on any atom is 0.163 e. The Labute approximate surface area is 66.2 Å². The van der Waals surface area contributed by atoms with Crippen molar-refractivity contribution in [3.63, 3.8) is 0 Å². The summed E-state index contributed by atoms with van der Waals surface area (Å²) >= 11 is 0. The second-order valence-corrected chi connectivity index (χ2v) is 2.70. The van der Waals surface area contributed by atoms with Gasteiger partial charge in [0, 0.05) is 0 Å². The molecule has 0 saturated carbocycles. The lowest BCUT2D eigenvalue weighted by molar-refractivity contribution is -0.114. The van der Waals surface area contributed by atoms with Gasteiger partial charge < -0.3 is 5.11 Å². The quantitative estimate of drug-likeness (QED) is 0.658. The van der Waals surface area contributed by atoms with Crippen molar-refractivity contribution in [1.82, 2.24) is 0 Å². The van der Waals surface area contributed by atoms with Gasteiger partial charge in [0.2, 0.25) is 0 Å². The van der Waals surface area contributed by atoms with Crippen LogP contribution in [0.2, 0.25) is 0 Å². The molecule has 0 heterocycles. The first kappa shape index (κ1) is 8.05. The Balaban J connectivity index is 2.71. The number of aliphatic hydroxyl groups is 1. The van der Waals surface area contributed by atoms with E-state index in [2.05, 4.69) is 0 Å². The molecule has 0 saturated heterocycles. The number of hydrogen-bond acceptors (Lipinski definition) is 2. The third kappa shape index (κ3) is 1.93. The van der Waals surface area contributed by atoms with Gasteiger partial charge in [-0.1, -0.05) is 19.4 Å². The summed E-state index contributed by atoms with van der Waals surface area (Å²) in [6.07, 6.45) is 5.29. The van der Waals surface area contributed by atoms with Gasteiger partial charge in [0.15, 0.2) is 5.78 Å². The Morgan fingerprint density at radius 1 is 1.55 bits per heavy atom. The first-order valence-corrected chi connectivity index (χ1v) is 3.86. The first-order valence-electron chi connectivity index (χ1n) is 3.86. The molecule has 0 radical (unpaired) electrons. The maximum atomic E-state index is 10.7. The molecular formula is C9H12O2. The summed E-state index contributed by atoms with van der Waals surface area (Å²) in [7, 11) is 0. The summed E-state index contributed by atoms with van der Waals surface area (Å²) in [6.45, 7) is 2.05. The van der Waals surface area contributed by atoms with Gasteiger partial charge in [-0.05, 0) is 18.1 Å². The molecule has 0 spiro atoms. The molecule has 0 atom stereocenters. The molecule has 2 nitrogen and oxygen atoms in total. The molecule has 0 aliphatic heterocycles. The largest absolute Gasteiger partial charge is 0.512 e. The maximum absolute atomic E-state index is 10.7. The topological polar surface area (TPSA) is 37.3 Å². The van der Waals surface area contributed by atoms with Gasteiger partial charge in [0.25, 0.3) is 0 Å². The summed E-state index contributed by atoms with van der Waals surface area (Å²) in [6, 6.07) is 0. The Kier molecular flexibility index (Phi) is 2.47. The standard InChI is InChI=1S/C9H12O2/c1-2-3-7-4-5-8(10)6-9(7)11/h4-5,11H,2-3,6H2,1H3. The van der Waals surface area contributed by atoms with E-state index in [1.807, 2.05) is 6.92 Å². The number of carbonyl (C=O) groups excluding carboxylic acids is 1. The van der Waals surface area contributed by atoms with Gasteiger partial charge in [0.05, 0.1) is 6.42 Å². The predicted molar refractivity (Wildman–Crippen MR) is 43.3 cm³/mol. The molecule has 0 fully saturated rings. The minimum absolute atomic E-state index is 0.0117. The fourth-order valence-electron chi connectivity index (χ4n) is 1.12. The van der Waals surface area contributed by atoms with Gasteiger partial charge in [-0.15, -0.1) is 0 Å². The van der Waals surface area contributed by atoms with Gasteiger partial charge in [0.1, 0.15) is 5.76 Å². The molecule has 2 heteroatoms. The van der Waals surface area contributed by atoms with E-state index in [0.717, 1.165) is 18.4 Å². The predicted octanol–water partition coefficient (Wildman–Crippen LogP) is 2.13. The second-order valence-electron chi connectivity index (χ2n) is 2.70. The number of hydrogen-bond donors (Lipinski definition) is 1. The van der Waals surface area contributed by atoms with Crippen LogP contribution in [0.4, 0.5) is 0 Å². The smallest absolute Gasteiger partial charge is 0.163 e. The highest BCUT2D eigenvalue weighted by Gasteiger charge is 2.10. The monoisotopic (exact) mass is 152 g/mol. The van der Waals surface area contributed by atoms with E-state index in [9.17, 15) is 9.90 Å². The van der Waals surface area contributed by atoms with Gasteiger partial charge >= 0.3 is 0 Å². The number of aliphatic hydroxyl groups excluding tert-OH is 1. The van der Waals surface area contributed by atoms with Gasteiger partial charge in [-0.3, -0.25) is 4.79 Å². The van der Waals surface area contributed by atoms with E-state index >= 15 is 0 Å². The van der Waals surface area contributed by atoms with Gasteiger partial charge in [-0.2, -0.15) is 0 Å². The van der Waals surface area contributed by atoms with Gasteiger partial charge in [-0.25, -0.2) is 0 Å². The summed E-state index contributed by atoms with van der Waals surface area (Å²) in [5.41, 5.74) is 0.909. The van der Waals surface area contributed by atoms with Crippen molar-refractivity contribution in [2.75, 3.05) is 0 Å². The van der Waals surface area contributed by atoms with E-state index in [1.54, 1.807) is 6.08 Å². The second kappa shape index (κ2) is 3.37. The van der Waals surface area contributed by atoms with Crippen molar-refractivity contribution < 1.29 is 9.90 Å². The van der Waals surface area contributed by atoms with E-state index in [4.69, 9.17) is 0 Å². The molecule has 0 bridgehead atoms. The number of allylic oxidation sites excluding steroid dienone is 4. The molecule has 0 aromatic carbocycles. The van der Waals surface area contributed by atoms with Crippen LogP contribution in [-0.2, 0) is 4.79 Å². The van der Waals surface area contributed by atoms with Crippen LogP contribution in [0.25, 0.3) is 0 Å². The third-order valence-electron chi connectivity index (χ3n) is 1.70. The lowest BCUT2D eigenvalue weighted by Gasteiger charge is -2.08. The SMILES string of the molecule is CCCC1=C(O)CC(=O)C=C1. The zero-order valence-electron chi connectivity index (χ0n) is 6.63. The van der Waals surface area contributed by atoms with E-state index < -0.39 is 0 Å². The highest BCUT2D eigenvalue weighted by molar-refractivity contribution is 5.93.